The number of aliphatic hydroxyl groups is 1. The van der Waals surface area contributed by atoms with Crippen LogP contribution in [-0.2, 0) is 11.3 Å². The van der Waals surface area contributed by atoms with Crippen LogP contribution in [0.2, 0.25) is 0 Å². The van der Waals surface area contributed by atoms with Crippen molar-refractivity contribution >= 4 is 18.5 Å². The second kappa shape index (κ2) is 7.20. The van der Waals surface area contributed by atoms with Crippen molar-refractivity contribution in [3.05, 3.63) is 35.9 Å². The van der Waals surface area contributed by atoms with Crippen molar-refractivity contribution in [1.82, 2.24) is 10.6 Å². The predicted octanol–water partition coefficient (Wildman–Crippen LogP) is 0.667. The van der Waals surface area contributed by atoms with Crippen LogP contribution in [0.4, 0.5) is 4.79 Å². The summed E-state index contributed by atoms with van der Waals surface area (Å²) < 4.78 is 5.05. The van der Waals surface area contributed by atoms with Crippen LogP contribution in [0.15, 0.2) is 30.3 Å². The van der Waals surface area contributed by atoms with Crippen LogP contribution in [0.3, 0.4) is 0 Å². The molecule has 1 amide bonds. The topological polar surface area (TPSA) is 70.6 Å². The Morgan fingerprint density at radius 2 is 2.11 bits per heavy atom. The Balaban J connectivity index is 0.00000162. The van der Waals surface area contributed by atoms with Crippen LogP contribution in [0.1, 0.15) is 5.56 Å². The molecule has 100 valence electrons. The predicted molar refractivity (Wildman–Crippen MR) is 69.7 cm³/mol. The van der Waals surface area contributed by atoms with Crippen molar-refractivity contribution < 1.29 is 14.6 Å². The van der Waals surface area contributed by atoms with Gasteiger partial charge in [-0.2, -0.15) is 0 Å². The van der Waals surface area contributed by atoms with Crippen LogP contribution < -0.4 is 10.6 Å². The molecule has 1 saturated heterocycles. The number of carbonyl (C=O) groups excluding carboxylic acids is 1. The molecule has 18 heavy (non-hydrogen) atoms. The first-order valence-corrected chi connectivity index (χ1v) is 5.61. The van der Waals surface area contributed by atoms with Crippen molar-refractivity contribution in [2.45, 2.75) is 18.8 Å². The molecule has 2 rings (SSSR count). The summed E-state index contributed by atoms with van der Waals surface area (Å²) in [5, 5.41) is 15.1. The number of carbonyl (C=O) groups is 1. The molecular formula is C12H17ClN2O3. The molecule has 1 fully saturated rings. The van der Waals surface area contributed by atoms with Crippen molar-refractivity contribution in [2.75, 3.05) is 13.1 Å². The van der Waals surface area contributed by atoms with Crippen LogP contribution >= 0.6 is 12.4 Å². The molecule has 0 aliphatic carbocycles. The molecule has 1 heterocycles. The summed E-state index contributed by atoms with van der Waals surface area (Å²) in [6, 6.07) is 9.20. The summed E-state index contributed by atoms with van der Waals surface area (Å²) in [5.41, 5.74) is 0.938. The number of rotatable bonds is 3. The van der Waals surface area contributed by atoms with E-state index in [0.717, 1.165) is 5.56 Å². The van der Waals surface area contributed by atoms with Gasteiger partial charge in [-0.15, -0.1) is 12.4 Å². The molecular weight excluding hydrogens is 256 g/mol. The SMILES string of the molecule is Cl.O=C(N[C@H]1CNC[C@@H]1O)OCc1ccccc1. The zero-order valence-corrected chi connectivity index (χ0v) is 10.7. The van der Waals surface area contributed by atoms with Gasteiger partial charge < -0.3 is 20.5 Å². The van der Waals surface area contributed by atoms with E-state index in [4.69, 9.17) is 4.74 Å². The van der Waals surface area contributed by atoms with E-state index in [0.29, 0.717) is 13.1 Å². The Hall–Kier alpha value is -1.30. The van der Waals surface area contributed by atoms with Crippen molar-refractivity contribution in [3.8, 4) is 0 Å². The van der Waals surface area contributed by atoms with Gasteiger partial charge in [-0.3, -0.25) is 0 Å². The molecule has 1 aromatic rings. The van der Waals surface area contributed by atoms with Crippen LogP contribution in [0, 0.1) is 0 Å². The van der Waals surface area contributed by atoms with E-state index in [2.05, 4.69) is 10.6 Å². The summed E-state index contributed by atoms with van der Waals surface area (Å²) in [7, 11) is 0. The maximum absolute atomic E-state index is 11.4. The van der Waals surface area contributed by atoms with E-state index in [1.807, 2.05) is 30.3 Å². The summed E-state index contributed by atoms with van der Waals surface area (Å²) >= 11 is 0. The minimum Gasteiger partial charge on any atom is -0.445 e. The van der Waals surface area contributed by atoms with E-state index in [1.165, 1.54) is 0 Å². The number of hydrogen-bond acceptors (Lipinski definition) is 4. The molecule has 1 aliphatic rings. The largest absolute Gasteiger partial charge is 0.445 e. The number of alkyl carbamates (subject to hydrolysis) is 1. The zero-order chi connectivity index (χ0) is 12.1. The molecule has 0 aromatic heterocycles. The Morgan fingerprint density at radius 1 is 1.39 bits per heavy atom. The number of β-amino-alcohol motifs (C(OH)–C–C–N with tert-alkyl or cyclic N) is 1. The minimum atomic E-state index is -0.542. The van der Waals surface area contributed by atoms with Gasteiger partial charge in [-0.25, -0.2) is 4.79 Å². The minimum absolute atomic E-state index is 0. The molecule has 0 radical (unpaired) electrons. The summed E-state index contributed by atoms with van der Waals surface area (Å²) in [6.45, 7) is 1.31. The third-order valence-electron chi connectivity index (χ3n) is 2.70. The van der Waals surface area contributed by atoms with Crippen LogP contribution in [0.25, 0.3) is 0 Å². The summed E-state index contributed by atoms with van der Waals surface area (Å²) in [5.74, 6) is 0. The summed E-state index contributed by atoms with van der Waals surface area (Å²) in [4.78, 5) is 11.4. The van der Waals surface area contributed by atoms with Crippen molar-refractivity contribution in [3.63, 3.8) is 0 Å². The zero-order valence-electron chi connectivity index (χ0n) is 9.83. The van der Waals surface area contributed by atoms with Gasteiger partial charge in [0, 0.05) is 13.1 Å². The highest BCUT2D eigenvalue weighted by Crippen LogP contribution is 2.02. The summed E-state index contributed by atoms with van der Waals surface area (Å²) in [6.07, 6.45) is -1.04. The lowest BCUT2D eigenvalue weighted by molar-refractivity contribution is 0.118. The fraction of sp³-hybridized carbons (Fsp3) is 0.417. The molecule has 0 spiro atoms. The Labute approximate surface area is 112 Å². The number of ether oxygens (including phenoxy) is 1. The van der Waals surface area contributed by atoms with Gasteiger partial charge in [0.2, 0.25) is 0 Å². The van der Waals surface area contributed by atoms with Gasteiger partial charge in [-0.05, 0) is 5.56 Å². The van der Waals surface area contributed by atoms with Gasteiger partial charge in [0.1, 0.15) is 6.61 Å². The first kappa shape index (κ1) is 14.8. The van der Waals surface area contributed by atoms with Gasteiger partial charge in [0.05, 0.1) is 12.1 Å². The van der Waals surface area contributed by atoms with E-state index in [-0.39, 0.29) is 25.1 Å². The first-order valence-electron chi connectivity index (χ1n) is 5.61. The number of nitrogens with one attached hydrogen (secondary N) is 2. The second-order valence-electron chi connectivity index (χ2n) is 4.04. The van der Waals surface area contributed by atoms with Crippen molar-refractivity contribution in [1.29, 1.82) is 0 Å². The number of amides is 1. The maximum atomic E-state index is 11.4. The third-order valence-corrected chi connectivity index (χ3v) is 2.70. The fourth-order valence-electron chi connectivity index (χ4n) is 1.73. The molecule has 1 aliphatic heterocycles. The average molecular weight is 273 g/mol. The molecule has 0 bridgehead atoms. The number of hydrogen-bond donors (Lipinski definition) is 3. The second-order valence-corrected chi connectivity index (χ2v) is 4.04. The monoisotopic (exact) mass is 272 g/mol. The van der Waals surface area contributed by atoms with Crippen LogP contribution in [-0.4, -0.2) is 36.4 Å². The Morgan fingerprint density at radius 3 is 2.72 bits per heavy atom. The van der Waals surface area contributed by atoms with Gasteiger partial charge in [0.25, 0.3) is 0 Å². The van der Waals surface area contributed by atoms with Crippen molar-refractivity contribution in [2.24, 2.45) is 0 Å². The highest BCUT2D eigenvalue weighted by atomic mass is 35.5. The number of aliphatic hydroxyl groups excluding tert-OH is 1. The molecule has 3 N–H and O–H groups in total. The Bertz CT molecular complexity index is 375. The molecule has 6 heteroatoms. The Kier molecular flexibility index (Phi) is 5.91. The smallest absolute Gasteiger partial charge is 0.407 e. The average Bonchev–Trinajstić information content (AvgIpc) is 2.74. The maximum Gasteiger partial charge on any atom is 0.407 e. The van der Waals surface area contributed by atoms with E-state index in [1.54, 1.807) is 0 Å². The molecule has 2 atom stereocenters. The lowest BCUT2D eigenvalue weighted by Crippen LogP contribution is -2.42. The normalized spacial score (nSPS) is 22.1. The molecule has 0 saturated carbocycles. The highest BCUT2D eigenvalue weighted by molar-refractivity contribution is 5.85. The highest BCUT2D eigenvalue weighted by Gasteiger charge is 2.26. The lowest BCUT2D eigenvalue weighted by Gasteiger charge is -2.15. The third kappa shape index (κ3) is 4.18. The molecule has 1 aromatic carbocycles. The van der Waals surface area contributed by atoms with Gasteiger partial charge in [-0.1, -0.05) is 30.3 Å². The molecule has 0 unspecified atom stereocenters. The fourth-order valence-corrected chi connectivity index (χ4v) is 1.73. The molecule has 5 nitrogen and oxygen atoms in total. The van der Waals surface area contributed by atoms with Gasteiger partial charge in [0.15, 0.2) is 0 Å². The standard InChI is InChI=1S/C12H16N2O3.ClH/c15-11-7-13-6-10(11)14-12(16)17-8-9-4-2-1-3-5-9;/h1-5,10-11,13,15H,6-8H2,(H,14,16);1H/t10-,11-;/m0./s1. The van der Waals surface area contributed by atoms with E-state index < -0.39 is 12.2 Å². The van der Waals surface area contributed by atoms with Gasteiger partial charge >= 0.3 is 6.09 Å². The number of benzene rings is 1. The lowest BCUT2D eigenvalue weighted by atomic mass is 10.2. The van der Waals surface area contributed by atoms with E-state index >= 15 is 0 Å². The van der Waals surface area contributed by atoms with E-state index in [9.17, 15) is 9.90 Å². The first-order chi connectivity index (χ1) is 8.25. The van der Waals surface area contributed by atoms with Crippen LogP contribution in [0.5, 0.6) is 0 Å². The quantitative estimate of drug-likeness (QED) is 0.756. The number of halogens is 1.